The summed E-state index contributed by atoms with van der Waals surface area (Å²) < 4.78 is 0. The quantitative estimate of drug-likeness (QED) is 0.147. The summed E-state index contributed by atoms with van der Waals surface area (Å²) in [6, 6.07) is 105. The lowest BCUT2D eigenvalue weighted by molar-refractivity contribution is 0.793. The molecule has 0 saturated heterocycles. The van der Waals surface area contributed by atoms with E-state index in [1.807, 2.05) is 0 Å². The fraction of sp³-hybridized carbons (Fsp3) is 0.0141. The van der Waals surface area contributed by atoms with Gasteiger partial charge in [0, 0.05) is 17.1 Å². The summed E-state index contributed by atoms with van der Waals surface area (Å²) in [7, 11) is 0. The van der Waals surface area contributed by atoms with Gasteiger partial charge >= 0.3 is 0 Å². The molecule has 0 saturated carbocycles. The zero-order valence-electron chi connectivity index (χ0n) is 39.6. The number of nitrogens with zero attached hydrogens (tertiary/aromatic N) is 1. The summed E-state index contributed by atoms with van der Waals surface area (Å²) in [5, 5.41) is 2.47. The summed E-state index contributed by atoms with van der Waals surface area (Å²) in [6.45, 7) is 0. The normalized spacial score (nSPS) is 12.6. The van der Waals surface area contributed by atoms with E-state index in [-0.39, 0.29) is 0 Å². The van der Waals surface area contributed by atoms with Crippen molar-refractivity contribution in [2.24, 2.45) is 0 Å². The van der Waals surface area contributed by atoms with Crippen molar-refractivity contribution < 1.29 is 0 Å². The predicted molar refractivity (Wildman–Crippen MR) is 302 cm³/mol. The third-order valence-electron chi connectivity index (χ3n) is 15.3. The average Bonchev–Trinajstić information content (AvgIpc) is 3.93. The van der Waals surface area contributed by atoms with Crippen molar-refractivity contribution in [3.8, 4) is 77.9 Å². The first-order valence-electron chi connectivity index (χ1n) is 25.0. The van der Waals surface area contributed by atoms with E-state index in [1.54, 1.807) is 0 Å². The second-order valence-electron chi connectivity index (χ2n) is 19.1. The standard InChI is InChI=1S/C71H47N/c1-3-20-48(21-4-1)57-29-9-10-33-65(57)70-59(50-22-5-2-6-23-50)35-19-36-60(70)51-40-42-53(43-41-51)72(54-27-17-26-52(46-54)58-34-18-25-49-24-7-8-28-56(49)58)55-44-45-64-63-32-13-16-39-68(63)71(69(64)47-55)66-37-14-11-30-61(66)62-31-12-15-38-67(62)71/h1-47H. The maximum absolute atomic E-state index is 2.49. The highest BCUT2D eigenvalue weighted by Gasteiger charge is 2.51. The van der Waals surface area contributed by atoms with E-state index in [0.717, 1.165) is 22.6 Å². The molecule has 1 nitrogen and oxygen atoms in total. The van der Waals surface area contributed by atoms with E-state index in [2.05, 4.69) is 290 Å². The predicted octanol–water partition coefficient (Wildman–Crippen LogP) is 19.0. The highest BCUT2D eigenvalue weighted by atomic mass is 15.1. The lowest BCUT2D eigenvalue weighted by Crippen LogP contribution is -2.26. The molecule has 0 unspecified atom stereocenters. The van der Waals surface area contributed by atoms with Crippen molar-refractivity contribution in [1.82, 2.24) is 0 Å². The summed E-state index contributed by atoms with van der Waals surface area (Å²) in [5.74, 6) is 0. The van der Waals surface area contributed by atoms with Crippen molar-refractivity contribution in [2.45, 2.75) is 5.41 Å². The Morgan fingerprint density at radius 1 is 0.222 bits per heavy atom. The number of fused-ring (bicyclic) bond motifs is 11. The molecule has 0 fully saturated rings. The zero-order valence-corrected chi connectivity index (χ0v) is 39.6. The van der Waals surface area contributed by atoms with Crippen molar-refractivity contribution in [1.29, 1.82) is 0 Å². The lowest BCUT2D eigenvalue weighted by Gasteiger charge is -2.32. The molecule has 2 aliphatic rings. The summed E-state index contributed by atoms with van der Waals surface area (Å²) in [5.41, 5.74) is 25.3. The van der Waals surface area contributed by atoms with E-state index in [0.29, 0.717) is 0 Å². The summed E-state index contributed by atoms with van der Waals surface area (Å²) >= 11 is 0. The average molecular weight is 914 g/mol. The van der Waals surface area contributed by atoms with Crippen molar-refractivity contribution >= 4 is 27.8 Å². The monoisotopic (exact) mass is 913 g/mol. The molecule has 0 bridgehead atoms. The zero-order chi connectivity index (χ0) is 47.6. The molecule has 1 spiro atoms. The van der Waals surface area contributed by atoms with Crippen molar-refractivity contribution in [3.05, 3.63) is 307 Å². The molecule has 0 aromatic heterocycles. The van der Waals surface area contributed by atoms with Crippen LogP contribution in [-0.2, 0) is 5.41 Å². The number of rotatable bonds is 8. The first kappa shape index (κ1) is 41.7. The van der Waals surface area contributed by atoms with Gasteiger partial charge in [-0.25, -0.2) is 0 Å². The highest BCUT2D eigenvalue weighted by molar-refractivity contribution is 6.01. The molecule has 0 N–H and O–H groups in total. The fourth-order valence-electron chi connectivity index (χ4n) is 12.3. The van der Waals surface area contributed by atoms with E-state index in [4.69, 9.17) is 0 Å². The van der Waals surface area contributed by atoms with Crippen LogP contribution in [0.15, 0.2) is 285 Å². The van der Waals surface area contributed by atoms with Crippen LogP contribution in [0, 0.1) is 0 Å². The number of hydrogen-bond acceptors (Lipinski definition) is 1. The van der Waals surface area contributed by atoms with E-state index < -0.39 is 5.41 Å². The van der Waals surface area contributed by atoms with Gasteiger partial charge in [0.25, 0.3) is 0 Å². The molecule has 72 heavy (non-hydrogen) atoms. The van der Waals surface area contributed by atoms with E-state index in [1.165, 1.54) is 105 Å². The number of benzene rings is 12. The Morgan fingerprint density at radius 3 is 1.29 bits per heavy atom. The van der Waals surface area contributed by atoms with Crippen LogP contribution in [0.2, 0.25) is 0 Å². The Balaban J connectivity index is 0.974. The van der Waals surface area contributed by atoms with Gasteiger partial charge in [-0.2, -0.15) is 0 Å². The van der Waals surface area contributed by atoms with Gasteiger partial charge in [-0.1, -0.05) is 249 Å². The minimum atomic E-state index is -0.467. The Bertz CT molecular complexity index is 3970. The number of anilines is 3. The van der Waals surface area contributed by atoms with Crippen LogP contribution in [0.3, 0.4) is 0 Å². The number of hydrogen-bond donors (Lipinski definition) is 0. The fourth-order valence-corrected chi connectivity index (χ4v) is 12.3. The van der Waals surface area contributed by atoms with E-state index in [9.17, 15) is 0 Å². The second-order valence-corrected chi connectivity index (χ2v) is 19.1. The maximum Gasteiger partial charge on any atom is 0.0726 e. The first-order chi connectivity index (χ1) is 35.7. The van der Waals surface area contributed by atoms with Crippen LogP contribution in [0.4, 0.5) is 17.1 Å². The Morgan fingerprint density at radius 2 is 0.639 bits per heavy atom. The Labute approximate surface area is 421 Å². The van der Waals surface area contributed by atoms with Gasteiger partial charge in [0.2, 0.25) is 0 Å². The van der Waals surface area contributed by atoms with Crippen LogP contribution in [0.1, 0.15) is 22.3 Å². The van der Waals surface area contributed by atoms with Gasteiger partial charge in [-0.3, -0.25) is 0 Å². The molecule has 2 aliphatic carbocycles. The van der Waals surface area contributed by atoms with Gasteiger partial charge in [0.1, 0.15) is 0 Å². The van der Waals surface area contributed by atoms with Crippen molar-refractivity contribution in [2.75, 3.05) is 4.90 Å². The van der Waals surface area contributed by atoms with Crippen LogP contribution in [-0.4, -0.2) is 0 Å². The first-order valence-corrected chi connectivity index (χ1v) is 25.0. The van der Waals surface area contributed by atoms with Crippen molar-refractivity contribution in [3.63, 3.8) is 0 Å². The Kier molecular flexibility index (Phi) is 9.82. The second kappa shape index (κ2) is 17.0. The van der Waals surface area contributed by atoms with Crippen LogP contribution < -0.4 is 4.90 Å². The van der Waals surface area contributed by atoms with Crippen LogP contribution in [0.25, 0.3) is 88.7 Å². The SMILES string of the molecule is c1ccc(-c2ccccc2-c2c(-c3ccccc3)cccc2-c2ccc(N(c3cccc(-c4cccc5ccccc45)c3)c3ccc4c(c3)C3(c5ccccc5-c5ccccc53)c3ccccc3-4)cc2)cc1. The molecule has 14 rings (SSSR count). The summed E-state index contributed by atoms with van der Waals surface area (Å²) in [4.78, 5) is 2.47. The minimum absolute atomic E-state index is 0.467. The molecular weight excluding hydrogens is 867 g/mol. The third-order valence-corrected chi connectivity index (χ3v) is 15.3. The molecule has 0 amide bonds. The van der Waals surface area contributed by atoms with Crippen LogP contribution >= 0.6 is 0 Å². The smallest absolute Gasteiger partial charge is 0.0726 e. The van der Waals surface area contributed by atoms with E-state index >= 15 is 0 Å². The molecule has 0 aliphatic heterocycles. The lowest BCUT2D eigenvalue weighted by atomic mass is 9.70. The topological polar surface area (TPSA) is 3.24 Å². The molecule has 0 radical (unpaired) electrons. The van der Waals surface area contributed by atoms with Crippen LogP contribution in [0.5, 0.6) is 0 Å². The maximum atomic E-state index is 2.49. The summed E-state index contributed by atoms with van der Waals surface area (Å²) in [6.07, 6.45) is 0. The highest BCUT2D eigenvalue weighted by Crippen LogP contribution is 2.63. The molecule has 336 valence electrons. The third kappa shape index (κ3) is 6.48. The molecular formula is C71H47N. The van der Waals surface area contributed by atoms with Gasteiger partial charge in [0.05, 0.1) is 5.41 Å². The molecule has 0 heterocycles. The molecule has 12 aromatic rings. The minimum Gasteiger partial charge on any atom is -0.310 e. The van der Waals surface area contributed by atoms with Gasteiger partial charge in [-0.05, 0) is 147 Å². The molecule has 1 heteroatoms. The molecule has 12 aromatic carbocycles. The van der Waals surface area contributed by atoms with Gasteiger partial charge < -0.3 is 4.90 Å². The largest absolute Gasteiger partial charge is 0.310 e. The Hall–Kier alpha value is -9.30. The van der Waals surface area contributed by atoms with Gasteiger partial charge in [-0.15, -0.1) is 0 Å². The van der Waals surface area contributed by atoms with Gasteiger partial charge in [0.15, 0.2) is 0 Å². The molecule has 0 atom stereocenters.